The zero-order valence-corrected chi connectivity index (χ0v) is 39.1. The number of aromatic nitrogens is 4. The van der Waals surface area contributed by atoms with Crippen LogP contribution in [0.1, 0.15) is 38.8 Å². The molecule has 4 N–H and O–H groups in total. The average Bonchev–Trinajstić information content (AvgIpc) is 3.29. The van der Waals surface area contributed by atoms with E-state index in [0.717, 1.165) is 5.56 Å². The number of methoxy groups -OCH3 is 4. The monoisotopic (exact) mass is 949 g/mol. The van der Waals surface area contributed by atoms with Gasteiger partial charge in [0.05, 0.1) is 78.2 Å². The molecule has 1 amide bonds. The Morgan fingerprint density at radius 3 is 1.61 bits per heavy atom. The molecule has 4 aromatic carbocycles. The lowest BCUT2D eigenvalue weighted by Gasteiger charge is -2.32. The molecule has 20 heteroatoms. The minimum atomic E-state index is -0.945. The number of nitrogens with one attached hydrogen (secondary N) is 3. The molecular weight excluding hydrogens is 899 g/mol. The van der Waals surface area contributed by atoms with Crippen LogP contribution in [0.3, 0.4) is 0 Å². The zero-order chi connectivity index (χ0) is 48.2. The molecule has 3 atom stereocenters. The van der Waals surface area contributed by atoms with Crippen molar-refractivity contribution in [2.45, 2.75) is 58.9 Å². The van der Waals surface area contributed by atoms with Gasteiger partial charge in [0.2, 0.25) is 0 Å². The first-order chi connectivity index (χ1) is 31.5. The zero-order valence-electron chi connectivity index (χ0n) is 37.6. The molecule has 0 spiro atoms. The number of fused-ring (bicyclic) bond motifs is 2. The van der Waals surface area contributed by atoms with Crippen LogP contribution in [-0.4, -0.2) is 112 Å². The highest BCUT2D eigenvalue weighted by atomic mass is 35.5. The van der Waals surface area contributed by atoms with Gasteiger partial charge in [-0.2, -0.15) is 0 Å². The van der Waals surface area contributed by atoms with E-state index in [9.17, 15) is 23.5 Å². The molecule has 0 unspecified atom stereocenters. The second-order valence-corrected chi connectivity index (χ2v) is 15.9. The summed E-state index contributed by atoms with van der Waals surface area (Å²) in [5.74, 6) is -0.714. The molecule has 350 valence electrons. The lowest BCUT2D eigenvalue weighted by Crippen LogP contribution is -2.45. The minimum absolute atomic E-state index is 0.00819. The maximum absolute atomic E-state index is 14.5. The first-order valence-electron chi connectivity index (χ1n) is 20.4. The molecule has 2 heterocycles. The van der Waals surface area contributed by atoms with Crippen LogP contribution in [0, 0.1) is 17.0 Å². The fourth-order valence-corrected chi connectivity index (χ4v) is 7.40. The third-order valence-corrected chi connectivity index (χ3v) is 11.1. The van der Waals surface area contributed by atoms with Gasteiger partial charge in [0, 0.05) is 60.8 Å². The second-order valence-electron chi connectivity index (χ2n) is 15.1. The van der Waals surface area contributed by atoms with Crippen LogP contribution < -0.4 is 20.1 Å². The van der Waals surface area contributed by atoms with Crippen LogP contribution in [0.5, 0.6) is 11.5 Å². The van der Waals surface area contributed by atoms with E-state index < -0.39 is 29.6 Å². The molecule has 2 aromatic heterocycles. The lowest BCUT2D eigenvalue weighted by molar-refractivity contribution is -0.144. The van der Waals surface area contributed by atoms with Gasteiger partial charge in [-0.25, -0.2) is 28.7 Å². The van der Waals surface area contributed by atoms with Gasteiger partial charge in [0.15, 0.2) is 11.6 Å². The summed E-state index contributed by atoms with van der Waals surface area (Å²) in [6.45, 7) is 7.91. The van der Waals surface area contributed by atoms with Crippen molar-refractivity contribution in [2.24, 2.45) is 0 Å². The quantitative estimate of drug-likeness (QED) is 0.0561. The predicted octanol–water partition coefficient (Wildman–Crippen LogP) is 9.06. The first-order valence-corrected chi connectivity index (χ1v) is 21.2. The van der Waals surface area contributed by atoms with Crippen molar-refractivity contribution in [3.05, 3.63) is 106 Å². The van der Waals surface area contributed by atoms with Gasteiger partial charge in [-0.05, 0) is 64.1 Å². The number of hydrogen-bond donors (Lipinski definition) is 4. The Bertz CT molecular complexity index is 2700. The third-order valence-electron chi connectivity index (χ3n) is 10.5. The molecule has 16 nitrogen and oxygen atoms in total. The number of benzene rings is 4. The van der Waals surface area contributed by atoms with Crippen LogP contribution in [0.15, 0.2) is 73.3 Å². The van der Waals surface area contributed by atoms with Crippen LogP contribution in [0.4, 0.5) is 31.8 Å². The molecule has 0 aliphatic carbocycles. The number of rotatable bonds is 19. The number of ether oxygens (including phenoxy) is 4. The van der Waals surface area contributed by atoms with E-state index >= 15 is 0 Å². The minimum Gasteiger partial charge on any atom is -0.496 e. The van der Waals surface area contributed by atoms with Gasteiger partial charge in [-0.15, -0.1) is 0 Å². The molecule has 0 radical (unpaired) electrons. The number of carboxylic acids is 1. The van der Waals surface area contributed by atoms with E-state index in [1.807, 2.05) is 24.8 Å². The van der Waals surface area contributed by atoms with Crippen molar-refractivity contribution in [3.63, 3.8) is 0 Å². The molecular formula is C46H51Cl2F2N9O7. The topological polar surface area (TPSA) is 197 Å². The van der Waals surface area contributed by atoms with Gasteiger partial charge in [-0.1, -0.05) is 35.3 Å². The van der Waals surface area contributed by atoms with E-state index in [1.165, 1.54) is 45.9 Å². The average molecular weight is 951 g/mol. The van der Waals surface area contributed by atoms with Gasteiger partial charge >= 0.3 is 5.97 Å². The molecule has 66 heavy (non-hydrogen) atoms. The number of aliphatic carboxylic acids is 1. The molecule has 0 aliphatic rings. The number of carbonyl (C=O) groups is 2. The summed E-state index contributed by atoms with van der Waals surface area (Å²) in [6, 6.07) is 15.2. The Morgan fingerprint density at radius 1 is 0.727 bits per heavy atom. The number of nitrogens with zero attached hydrogens (tertiary/aromatic N) is 6. The van der Waals surface area contributed by atoms with Gasteiger partial charge < -0.3 is 39.6 Å². The predicted molar refractivity (Wildman–Crippen MR) is 251 cm³/mol. The van der Waals surface area contributed by atoms with Gasteiger partial charge in [0.25, 0.3) is 5.91 Å². The van der Waals surface area contributed by atoms with Crippen molar-refractivity contribution in [1.29, 1.82) is 5.41 Å². The molecule has 0 saturated heterocycles. The van der Waals surface area contributed by atoms with Crippen LogP contribution in [-0.2, 0) is 32.2 Å². The summed E-state index contributed by atoms with van der Waals surface area (Å²) in [5.41, 5.74) is 2.82. The highest BCUT2D eigenvalue weighted by Gasteiger charge is 2.28. The van der Waals surface area contributed by atoms with E-state index in [-0.39, 0.29) is 52.3 Å². The van der Waals surface area contributed by atoms with E-state index in [1.54, 1.807) is 68.5 Å². The summed E-state index contributed by atoms with van der Waals surface area (Å²) in [7, 11) is 6.19. The van der Waals surface area contributed by atoms with Crippen molar-refractivity contribution in [3.8, 4) is 11.5 Å². The van der Waals surface area contributed by atoms with Crippen molar-refractivity contribution in [1.82, 2.24) is 29.7 Å². The number of halogens is 4. The summed E-state index contributed by atoms with van der Waals surface area (Å²) < 4.78 is 50.5. The summed E-state index contributed by atoms with van der Waals surface area (Å²) in [5, 5.41) is 24.6. The molecule has 0 fully saturated rings. The lowest BCUT2D eigenvalue weighted by atomic mass is 10.1. The van der Waals surface area contributed by atoms with Crippen molar-refractivity contribution < 1.29 is 42.4 Å². The second kappa shape index (κ2) is 23.2. The Labute approximate surface area is 390 Å². The van der Waals surface area contributed by atoms with Gasteiger partial charge in [-0.3, -0.25) is 19.9 Å². The smallest absolute Gasteiger partial charge is 0.320 e. The highest BCUT2D eigenvalue weighted by molar-refractivity contribution is 6.36. The Hall–Kier alpha value is -6.31. The largest absolute Gasteiger partial charge is 0.496 e. The highest BCUT2D eigenvalue weighted by Crippen LogP contribution is 2.35. The summed E-state index contributed by atoms with van der Waals surface area (Å²) in [6.07, 6.45) is 2.73. The fourth-order valence-electron chi connectivity index (χ4n) is 7.05. The van der Waals surface area contributed by atoms with E-state index in [4.69, 9.17) is 47.6 Å². The van der Waals surface area contributed by atoms with Crippen LogP contribution >= 0.6 is 23.2 Å². The summed E-state index contributed by atoms with van der Waals surface area (Å²) in [4.78, 5) is 44.9. The fraction of sp³-hybridized carbons (Fsp3) is 0.326. The number of carbonyl (C=O) groups excluding carboxylic acids is 1. The molecule has 6 aromatic rings. The normalized spacial score (nSPS) is 12.5. The molecule has 0 aliphatic heterocycles. The first kappa shape index (κ1) is 50.7. The van der Waals surface area contributed by atoms with Crippen molar-refractivity contribution >= 4 is 85.6 Å². The Morgan fingerprint density at radius 2 is 1.18 bits per heavy atom. The molecule has 6 rings (SSSR count). The molecule has 0 bridgehead atoms. The third kappa shape index (κ3) is 12.1. The van der Waals surface area contributed by atoms with Gasteiger partial charge in [0.1, 0.15) is 41.8 Å². The van der Waals surface area contributed by atoms with Crippen molar-refractivity contribution in [2.75, 3.05) is 52.3 Å². The van der Waals surface area contributed by atoms with E-state index in [2.05, 4.69) is 30.6 Å². The Kier molecular flexibility index (Phi) is 17.8. The van der Waals surface area contributed by atoms with E-state index in [0.29, 0.717) is 63.7 Å². The number of amides is 1. The maximum atomic E-state index is 14.5. The standard InChI is InChI=1S/C23H25ClFN5O3.C23H26ClFN4O4/c1-13(11-32-3)30(23(31)14(2)26)10-15-8-16-19(9-20(15)33-4)27-12-28-22(16)29-18-7-5-6-17(24)21(18)25;1-13(11-32-3)29(14(2)23(30)31)10-15-8-16-19(9-20(15)33-4)26-12-27-22(16)28-18-7-5-6-17(24)21(18)25/h5-9,12-13,26H,10-11H2,1-4H3,(H,27,28,29);5-9,12-14H,10-11H2,1-4H3,(H,30,31)(H,26,27,28)/t13-;13-,14+/m00/s1. The number of hydrogen-bond acceptors (Lipinski definition) is 14. The SMILES string of the molecule is COC[C@H](C)N(Cc1cc2c(Nc3cccc(Cl)c3F)ncnc2cc1OC)C(=O)C(C)=N.COC[C@H](C)N(Cc1cc2c(Nc3cccc(Cl)c3F)ncnc2cc1OC)[C@H](C)C(=O)O. The number of anilines is 4. The maximum Gasteiger partial charge on any atom is 0.320 e. The van der Waals surface area contributed by atoms with Crippen LogP contribution in [0.25, 0.3) is 21.8 Å². The number of carboxylic acid groups (broad SMARTS) is 1. The van der Waals surface area contributed by atoms with Crippen LogP contribution in [0.2, 0.25) is 10.0 Å². The summed E-state index contributed by atoms with van der Waals surface area (Å²) >= 11 is 11.8. The molecule has 0 saturated carbocycles. The Balaban J connectivity index is 0.000000247.